The number of benzene rings is 1. The summed E-state index contributed by atoms with van der Waals surface area (Å²) < 4.78 is 2.22. The van der Waals surface area contributed by atoms with E-state index < -0.39 is 0 Å². The van der Waals surface area contributed by atoms with Crippen molar-refractivity contribution >= 4 is 18.1 Å². The Labute approximate surface area is 161 Å². The number of aryl methyl sites for hydroxylation is 1. The average Bonchev–Trinajstić information content (AvgIpc) is 2.98. The minimum absolute atomic E-state index is 0.0256. The third kappa shape index (κ3) is 6.41. The van der Waals surface area contributed by atoms with Gasteiger partial charge in [0.05, 0.1) is 0 Å². The Bertz CT molecular complexity index is 750. The lowest BCUT2D eigenvalue weighted by Crippen LogP contribution is -2.28. The molecular formula is C20H30N4OS. The quantitative estimate of drug-likeness (QED) is 0.439. The van der Waals surface area contributed by atoms with Crippen molar-refractivity contribution in [3.63, 3.8) is 0 Å². The number of nitrogens with zero attached hydrogens (tertiary/aromatic N) is 2. The van der Waals surface area contributed by atoms with Crippen LogP contribution in [-0.2, 0) is 11.3 Å². The van der Waals surface area contributed by atoms with Crippen molar-refractivity contribution in [1.29, 1.82) is 0 Å². The summed E-state index contributed by atoms with van der Waals surface area (Å²) in [5.41, 5.74) is 2.10. The third-order valence-corrected chi connectivity index (χ3v) is 4.75. The second-order valence-corrected chi connectivity index (χ2v) is 7.17. The highest BCUT2D eigenvalue weighted by Gasteiger charge is 2.12. The van der Waals surface area contributed by atoms with Crippen LogP contribution >= 0.6 is 12.2 Å². The Morgan fingerprint density at radius 1 is 1.19 bits per heavy atom. The van der Waals surface area contributed by atoms with Gasteiger partial charge in [-0.15, -0.1) is 0 Å². The van der Waals surface area contributed by atoms with Crippen molar-refractivity contribution in [2.45, 2.75) is 65.3 Å². The van der Waals surface area contributed by atoms with Crippen molar-refractivity contribution in [2.24, 2.45) is 0 Å². The number of aromatic nitrogens is 3. The minimum Gasteiger partial charge on any atom is -0.355 e. The summed E-state index contributed by atoms with van der Waals surface area (Å²) in [6, 6.07) is 8.03. The molecule has 2 rings (SSSR count). The van der Waals surface area contributed by atoms with Crippen molar-refractivity contribution in [3.05, 3.63) is 34.6 Å². The van der Waals surface area contributed by atoms with Gasteiger partial charge >= 0.3 is 0 Å². The highest BCUT2D eigenvalue weighted by molar-refractivity contribution is 7.71. The van der Waals surface area contributed by atoms with Crippen LogP contribution in [0, 0.1) is 11.7 Å². The normalized spacial score (nSPS) is 10.8. The molecule has 1 heterocycles. The Morgan fingerprint density at radius 2 is 1.92 bits per heavy atom. The van der Waals surface area contributed by atoms with Gasteiger partial charge in [0.2, 0.25) is 5.91 Å². The van der Waals surface area contributed by atoms with E-state index in [2.05, 4.69) is 22.4 Å². The van der Waals surface area contributed by atoms with E-state index in [9.17, 15) is 4.79 Å². The van der Waals surface area contributed by atoms with Crippen LogP contribution in [0.3, 0.4) is 0 Å². The Kier molecular flexibility index (Phi) is 8.54. The first-order chi connectivity index (χ1) is 12.6. The van der Waals surface area contributed by atoms with Gasteiger partial charge in [-0.05, 0) is 31.6 Å². The van der Waals surface area contributed by atoms with Gasteiger partial charge in [0.1, 0.15) is 6.54 Å². The molecule has 6 heteroatoms. The molecule has 0 fully saturated rings. The fourth-order valence-electron chi connectivity index (χ4n) is 2.98. The molecule has 1 aromatic heterocycles. The summed E-state index contributed by atoms with van der Waals surface area (Å²) in [6.07, 6.45) is 8.67. The van der Waals surface area contributed by atoms with E-state index in [4.69, 9.17) is 12.2 Å². The standard InChI is InChI=1S/C20H30N4OS/c1-3-4-5-6-7-8-9-13-21-18(25)15-24-19(22-23-20(24)26)17-12-10-11-16(2)14-17/h10-12,14H,3-9,13,15H2,1-2H3,(H,21,25)(H,23,26). The number of hydrogen-bond donors (Lipinski definition) is 2. The average molecular weight is 375 g/mol. The molecular weight excluding hydrogens is 344 g/mol. The van der Waals surface area contributed by atoms with Crippen LogP contribution in [0.2, 0.25) is 0 Å². The van der Waals surface area contributed by atoms with E-state index in [1.165, 1.54) is 38.5 Å². The van der Waals surface area contributed by atoms with E-state index in [0.717, 1.165) is 24.1 Å². The predicted octanol–water partition coefficient (Wildman–Crippen LogP) is 4.78. The SMILES string of the molecule is CCCCCCCCCNC(=O)Cn1c(-c2cccc(C)c2)n[nH]c1=S. The minimum atomic E-state index is -0.0256. The molecule has 142 valence electrons. The Balaban J connectivity index is 1.81. The van der Waals surface area contributed by atoms with E-state index in [1.807, 2.05) is 31.2 Å². The number of amides is 1. The number of nitrogens with one attached hydrogen (secondary N) is 2. The number of carbonyl (C=O) groups excluding carboxylic acids is 1. The first kappa shape index (κ1) is 20.4. The van der Waals surface area contributed by atoms with Crippen molar-refractivity contribution in [3.8, 4) is 11.4 Å². The van der Waals surface area contributed by atoms with E-state index in [0.29, 0.717) is 10.6 Å². The molecule has 0 spiro atoms. The lowest BCUT2D eigenvalue weighted by molar-refractivity contribution is -0.121. The number of aromatic amines is 1. The van der Waals surface area contributed by atoms with Gasteiger partial charge in [-0.1, -0.05) is 69.2 Å². The summed E-state index contributed by atoms with van der Waals surface area (Å²) in [6.45, 7) is 5.17. The molecule has 0 radical (unpaired) electrons. The lowest BCUT2D eigenvalue weighted by Gasteiger charge is -2.09. The Hall–Kier alpha value is -1.95. The molecule has 0 atom stereocenters. The maximum Gasteiger partial charge on any atom is 0.240 e. The van der Waals surface area contributed by atoms with Gasteiger partial charge < -0.3 is 5.32 Å². The summed E-state index contributed by atoms with van der Waals surface area (Å²) in [4.78, 5) is 12.3. The lowest BCUT2D eigenvalue weighted by atomic mass is 10.1. The smallest absolute Gasteiger partial charge is 0.240 e. The zero-order valence-corrected chi connectivity index (χ0v) is 16.7. The molecule has 0 aliphatic heterocycles. The fraction of sp³-hybridized carbons (Fsp3) is 0.550. The molecule has 0 aliphatic carbocycles. The zero-order valence-electron chi connectivity index (χ0n) is 15.9. The van der Waals surface area contributed by atoms with Gasteiger partial charge in [0.15, 0.2) is 10.6 Å². The van der Waals surface area contributed by atoms with Gasteiger partial charge in [-0.2, -0.15) is 5.10 Å². The van der Waals surface area contributed by atoms with Crippen LogP contribution in [0.15, 0.2) is 24.3 Å². The number of rotatable bonds is 11. The molecule has 0 unspecified atom stereocenters. The topological polar surface area (TPSA) is 62.7 Å². The molecule has 0 bridgehead atoms. The number of H-pyrrole nitrogens is 1. The number of unbranched alkanes of at least 4 members (excludes halogenated alkanes) is 6. The van der Waals surface area contributed by atoms with Crippen LogP contribution < -0.4 is 5.32 Å². The van der Waals surface area contributed by atoms with Crippen molar-refractivity contribution in [1.82, 2.24) is 20.1 Å². The van der Waals surface area contributed by atoms with Crippen LogP contribution in [0.5, 0.6) is 0 Å². The van der Waals surface area contributed by atoms with Crippen LogP contribution in [0.4, 0.5) is 0 Å². The highest BCUT2D eigenvalue weighted by atomic mass is 32.1. The highest BCUT2D eigenvalue weighted by Crippen LogP contribution is 2.18. The largest absolute Gasteiger partial charge is 0.355 e. The number of hydrogen-bond acceptors (Lipinski definition) is 3. The van der Waals surface area contributed by atoms with Crippen LogP contribution in [0.25, 0.3) is 11.4 Å². The van der Waals surface area contributed by atoms with Crippen LogP contribution in [0.1, 0.15) is 57.4 Å². The molecule has 26 heavy (non-hydrogen) atoms. The molecule has 0 aliphatic rings. The third-order valence-electron chi connectivity index (χ3n) is 4.44. The zero-order chi connectivity index (χ0) is 18.8. The van der Waals surface area contributed by atoms with Crippen molar-refractivity contribution in [2.75, 3.05) is 6.54 Å². The fourth-order valence-corrected chi connectivity index (χ4v) is 3.17. The van der Waals surface area contributed by atoms with Gasteiger partial charge in [0, 0.05) is 12.1 Å². The van der Waals surface area contributed by atoms with E-state index in [-0.39, 0.29) is 12.5 Å². The first-order valence-corrected chi connectivity index (χ1v) is 10.0. The van der Waals surface area contributed by atoms with Gasteiger partial charge in [0.25, 0.3) is 0 Å². The second-order valence-electron chi connectivity index (χ2n) is 6.78. The molecule has 2 N–H and O–H groups in total. The van der Waals surface area contributed by atoms with E-state index in [1.54, 1.807) is 4.57 Å². The maximum absolute atomic E-state index is 12.3. The molecule has 1 aromatic carbocycles. The molecule has 0 saturated heterocycles. The van der Waals surface area contributed by atoms with Crippen molar-refractivity contribution < 1.29 is 4.79 Å². The summed E-state index contributed by atoms with van der Waals surface area (Å²) >= 11 is 5.29. The van der Waals surface area contributed by atoms with Gasteiger partial charge in [-0.3, -0.25) is 14.5 Å². The first-order valence-electron chi connectivity index (χ1n) is 9.60. The van der Waals surface area contributed by atoms with Crippen LogP contribution in [-0.4, -0.2) is 27.2 Å². The monoisotopic (exact) mass is 374 g/mol. The molecule has 2 aromatic rings. The Morgan fingerprint density at radius 3 is 2.65 bits per heavy atom. The summed E-state index contributed by atoms with van der Waals surface area (Å²) in [5, 5.41) is 10.1. The maximum atomic E-state index is 12.3. The molecule has 5 nitrogen and oxygen atoms in total. The summed E-state index contributed by atoms with van der Waals surface area (Å²) in [5.74, 6) is 0.673. The molecule has 1 amide bonds. The van der Waals surface area contributed by atoms with E-state index >= 15 is 0 Å². The number of carbonyl (C=O) groups is 1. The molecule has 0 saturated carbocycles. The van der Waals surface area contributed by atoms with Gasteiger partial charge in [-0.25, -0.2) is 0 Å². The second kappa shape index (κ2) is 10.9. The predicted molar refractivity (Wildman–Crippen MR) is 109 cm³/mol. The summed E-state index contributed by atoms with van der Waals surface area (Å²) in [7, 11) is 0.